The van der Waals surface area contributed by atoms with Crippen molar-refractivity contribution < 1.29 is 5.11 Å². The minimum Gasteiger partial charge on any atom is -0.395 e. The normalized spacial score (nSPS) is 18.9. The lowest BCUT2D eigenvalue weighted by atomic mass is 9.89. The van der Waals surface area contributed by atoms with Gasteiger partial charge in [0.15, 0.2) is 0 Å². The Hall–Kier alpha value is -2.44. The van der Waals surface area contributed by atoms with Gasteiger partial charge in [-0.3, -0.25) is 0 Å². The molecule has 6 heteroatoms. The van der Waals surface area contributed by atoms with Crippen molar-refractivity contribution in [3.63, 3.8) is 0 Å². The predicted octanol–water partition coefficient (Wildman–Crippen LogP) is 6.42. The summed E-state index contributed by atoms with van der Waals surface area (Å²) in [6.07, 6.45) is 20.5. The highest BCUT2D eigenvalue weighted by atomic mass is 16.3. The van der Waals surface area contributed by atoms with Gasteiger partial charge in [-0.1, -0.05) is 75.6 Å². The summed E-state index contributed by atoms with van der Waals surface area (Å²) in [5.74, 6) is 2.37. The summed E-state index contributed by atoms with van der Waals surface area (Å²) in [5, 5.41) is 13.5. The minimum atomic E-state index is 0.267. The average Bonchev–Trinajstić information content (AvgIpc) is 3.68. The molecule has 3 fully saturated rings. The van der Waals surface area contributed by atoms with Gasteiger partial charge in [0, 0.05) is 36.4 Å². The zero-order valence-electron chi connectivity index (χ0n) is 22.4. The number of hydrogen-bond acceptors (Lipinski definition) is 5. The number of hydrogen-bond donors (Lipinski definition) is 3. The first kappa shape index (κ1) is 26.2. The van der Waals surface area contributed by atoms with Crippen molar-refractivity contribution in [2.24, 2.45) is 11.8 Å². The summed E-state index contributed by atoms with van der Waals surface area (Å²) in [4.78, 5) is 14.9. The molecule has 1 aromatic carbocycles. The molecule has 2 aromatic heterocycles. The second-order valence-electron chi connectivity index (χ2n) is 11.3. The van der Waals surface area contributed by atoms with Crippen molar-refractivity contribution >= 4 is 17.0 Å². The number of anilines is 1. The Balaban J connectivity index is 0.000000412. The first-order valence-corrected chi connectivity index (χ1v) is 14.8. The van der Waals surface area contributed by atoms with E-state index in [0.717, 1.165) is 61.0 Å². The van der Waals surface area contributed by atoms with E-state index in [4.69, 9.17) is 5.11 Å². The number of fused-ring (bicyclic) bond motifs is 1. The summed E-state index contributed by atoms with van der Waals surface area (Å²) in [6.45, 7) is 4.24. The van der Waals surface area contributed by atoms with Crippen LogP contribution in [0.2, 0.25) is 0 Å². The van der Waals surface area contributed by atoms with Crippen LogP contribution in [0.1, 0.15) is 76.2 Å². The van der Waals surface area contributed by atoms with Crippen molar-refractivity contribution in [2.45, 2.75) is 77.0 Å². The van der Waals surface area contributed by atoms with Crippen molar-refractivity contribution in [1.29, 1.82) is 0 Å². The Bertz CT molecular complexity index is 1070. The summed E-state index contributed by atoms with van der Waals surface area (Å²) in [5.41, 5.74) is 4.65. The molecule has 3 N–H and O–H groups in total. The molecule has 2 saturated carbocycles. The van der Waals surface area contributed by atoms with E-state index in [1.165, 1.54) is 81.8 Å². The molecule has 6 rings (SSSR count). The maximum Gasteiger partial charge on any atom is 0.224 e. The minimum absolute atomic E-state index is 0.267. The number of aromatic nitrogens is 3. The Morgan fingerprint density at radius 3 is 2.27 bits per heavy atom. The summed E-state index contributed by atoms with van der Waals surface area (Å²) < 4.78 is 0. The predicted molar refractivity (Wildman–Crippen MR) is 153 cm³/mol. The van der Waals surface area contributed by atoms with E-state index in [2.05, 4.69) is 49.4 Å². The zero-order valence-corrected chi connectivity index (χ0v) is 22.4. The number of likely N-dealkylation sites (tertiary alicyclic amines) is 1. The summed E-state index contributed by atoms with van der Waals surface area (Å²) in [7, 11) is 0. The van der Waals surface area contributed by atoms with Gasteiger partial charge < -0.3 is 20.3 Å². The zero-order chi connectivity index (χ0) is 25.3. The van der Waals surface area contributed by atoms with Gasteiger partial charge in [-0.15, -0.1) is 0 Å². The molecule has 1 saturated heterocycles. The number of aliphatic hydroxyl groups is 1. The first-order chi connectivity index (χ1) is 18.3. The number of nitrogens with one attached hydrogen (secondary N) is 2. The second-order valence-corrected chi connectivity index (χ2v) is 11.3. The van der Waals surface area contributed by atoms with Gasteiger partial charge in [0.1, 0.15) is 5.65 Å². The summed E-state index contributed by atoms with van der Waals surface area (Å²) >= 11 is 0. The monoisotopic (exact) mass is 503 g/mol. The molecular weight excluding hydrogens is 458 g/mol. The number of benzene rings is 1. The maximum atomic E-state index is 9.10. The maximum absolute atomic E-state index is 9.10. The van der Waals surface area contributed by atoms with E-state index in [9.17, 15) is 0 Å². The Labute approximate surface area is 222 Å². The van der Waals surface area contributed by atoms with Gasteiger partial charge in [0.25, 0.3) is 0 Å². The van der Waals surface area contributed by atoms with Crippen molar-refractivity contribution in [3.8, 4) is 11.1 Å². The number of rotatable bonds is 9. The second kappa shape index (κ2) is 13.4. The highest BCUT2D eigenvalue weighted by Crippen LogP contribution is 2.32. The van der Waals surface area contributed by atoms with Crippen molar-refractivity contribution in [1.82, 2.24) is 19.9 Å². The molecule has 200 valence electrons. The molecule has 0 atom stereocenters. The molecule has 2 aliphatic carbocycles. The van der Waals surface area contributed by atoms with Crippen molar-refractivity contribution in [2.75, 3.05) is 38.1 Å². The van der Waals surface area contributed by atoms with Crippen LogP contribution in [0.15, 0.2) is 36.7 Å². The van der Waals surface area contributed by atoms with Gasteiger partial charge in [0.2, 0.25) is 5.95 Å². The van der Waals surface area contributed by atoms with Gasteiger partial charge >= 0.3 is 0 Å². The molecule has 0 spiro atoms. The highest BCUT2D eigenvalue weighted by molar-refractivity contribution is 5.93. The van der Waals surface area contributed by atoms with Crippen LogP contribution >= 0.6 is 0 Å². The van der Waals surface area contributed by atoms with E-state index >= 15 is 0 Å². The fourth-order valence-electron chi connectivity index (χ4n) is 5.80. The van der Waals surface area contributed by atoms with Crippen LogP contribution in [0.3, 0.4) is 0 Å². The molecule has 0 radical (unpaired) electrons. The van der Waals surface area contributed by atoms with E-state index in [-0.39, 0.29) is 6.61 Å². The van der Waals surface area contributed by atoms with Crippen LogP contribution in [0.25, 0.3) is 22.2 Å². The molecule has 37 heavy (non-hydrogen) atoms. The van der Waals surface area contributed by atoms with Crippen LogP contribution in [-0.2, 0) is 6.42 Å². The number of aromatic amines is 1. The lowest BCUT2D eigenvalue weighted by Gasteiger charge is -2.31. The first-order valence-electron chi connectivity index (χ1n) is 14.8. The fourth-order valence-corrected chi connectivity index (χ4v) is 5.80. The number of β-amino-alcohol motifs (C(OH)–C–C–N with tert-alkyl or cyclic N) is 1. The van der Waals surface area contributed by atoms with E-state index in [1.54, 1.807) is 0 Å². The molecular formula is C31H45N5O. The standard InChI is InChI=1S/C25H33N5O.C6H12/c31-14-13-30-11-8-20(9-12-30)15-19-3-5-21(6-4-19)22-16-27-24-23(22)17-28-25(29-24)26-10-7-18-1-2-18;1-2-4-6-5-3-1/h3-6,16-18,20,31H,1-2,7-15H2,(H2,26,27,28,29);1-6H2. The van der Waals surface area contributed by atoms with Crippen LogP contribution in [0.5, 0.6) is 0 Å². The number of H-pyrrole nitrogens is 1. The van der Waals surface area contributed by atoms with E-state index in [0.29, 0.717) is 5.95 Å². The topological polar surface area (TPSA) is 77.1 Å². The lowest BCUT2D eigenvalue weighted by molar-refractivity contribution is 0.147. The molecule has 3 heterocycles. The van der Waals surface area contributed by atoms with Crippen LogP contribution < -0.4 is 5.32 Å². The third-order valence-electron chi connectivity index (χ3n) is 8.38. The Kier molecular flexibility index (Phi) is 9.47. The van der Waals surface area contributed by atoms with E-state index in [1.807, 2.05) is 12.4 Å². The molecule has 3 aliphatic rings. The van der Waals surface area contributed by atoms with Crippen LogP contribution in [0, 0.1) is 11.8 Å². The average molecular weight is 504 g/mol. The number of aliphatic hydroxyl groups excluding tert-OH is 1. The fraction of sp³-hybridized carbons (Fsp3) is 0.613. The highest BCUT2D eigenvalue weighted by Gasteiger charge is 2.21. The van der Waals surface area contributed by atoms with Gasteiger partial charge in [-0.25, -0.2) is 4.98 Å². The Morgan fingerprint density at radius 1 is 0.919 bits per heavy atom. The molecule has 3 aromatic rings. The Morgan fingerprint density at radius 2 is 1.62 bits per heavy atom. The van der Waals surface area contributed by atoms with Gasteiger partial charge in [0.05, 0.1) is 6.61 Å². The quantitative estimate of drug-likeness (QED) is 0.314. The smallest absolute Gasteiger partial charge is 0.224 e. The third kappa shape index (κ3) is 7.78. The van der Waals surface area contributed by atoms with Gasteiger partial charge in [-0.2, -0.15) is 4.98 Å². The van der Waals surface area contributed by atoms with E-state index < -0.39 is 0 Å². The number of piperidine rings is 1. The SMILES string of the molecule is C1CCCCC1.OCCN1CCC(Cc2ccc(-c3c[nH]c4nc(NCCC5CC5)ncc34)cc2)CC1. The third-order valence-corrected chi connectivity index (χ3v) is 8.38. The van der Waals surface area contributed by atoms with Crippen LogP contribution in [0.4, 0.5) is 5.95 Å². The lowest BCUT2D eigenvalue weighted by Crippen LogP contribution is -2.36. The van der Waals surface area contributed by atoms with Crippen molar-refractivity contribution in [3.05, 3.63) is 42.2 Å². The van der Waals surface area contributed by atoms with Crippen LogP contribution in [-0.4, -0.2) is 57.7 Å². The van der Waals surface area contributed by atoms with Gasteiger partial charge in [-0.05, 0) is 61.7 Å². The molecule has 1 aliphatic heterocycles. The molecule has 0 amide bonds. The molecule has 0 unspecified atom stereocenters. The molecule has 6 nitrogen and oxygen atoms in total. The number of nitrogens with zero attached hydrogens (tertiary/aromatic N) is 3. The molecule has 0 bridgehead atoms. The summed E-state index contributed by atoms with van der Waals surface area (Å²) in [6, 6.07) is 8.98. The largest absolute Gasteiger partial charge is 0.395 e.